The zero-order valence-corrected chi connectivity index (χ0v) is 7.05. The summed E-state index contributed by atoms with van der Waals surface area (Å²) in [5.74, 6) is 0. The third-order valence-corrected chi connectivity index (χ3v) is 1.64. The van der Waals surface area contributed by atoms with Crippen molar-refractivity contribution in [2.24, 2.45) is 0 Å². The molecule has 2 nitrogen and oxygen atoms in total. The number of aryl methyl sites for hydroxylation is 2. The molecule has 0 N–H and O–H groups in total. The van der Waals surface area contributed by atoms with Gasteiger partial charge in [-0.3, -0.25) is 0 Å². The fourth-order valence-electron chi connectivity index (χ4n) is 1.07. The smallest absolute Gasteiger partial charge is 0.0694 e. The Kier molecular flexibility index (Phi) is 1.54. The van der Waals surface area contributed by atoms with Crippen LogP contribution in [-0.2, 0) is 0 Å². The Bertz CT molecular complexity index is 380. The Morgan fingerprint density at radius 1 is 0.917 bits per heavy atom. The predicted molar refractivity (Wildman–Crippen MR) is 46.7 cm³/mol. The number of rotatable bonds is 0. The molecular weight excluding hydrogens is 148 g/mol. The molecule has 0 amide bonds. The molecule has 0 saturated heterocycles. The monoisotopic (exact) mass is 156 g/mol. The molecule has 0 radical (unpaired) electrons. The normalized spacial score (nSPS) is 10.5. The van der Waals surface area contributed by atoms with Gasteiger partial charge in [-0.05, 0) is 0 Å². The van der Waals surface area contributed by atoms with Crippen LogP contribution in [0.25, 0.3) is 11.0 Å². The number of aromatic nitrogens is 2. The highest BCUT2D eigenvalue weighted by Crippen LogP contribution is 2.08. The maximum Gasteiger partial charge on any atom is -0.0694 e. The molecule has 2 heterocycles. The van der Waals surface area contributed by atoms with E-state index in [9.17, 15) is 0 Å². The van der Waals surface area contributed by atoms with Gasteiger partial charge in [0.2, 0.25) is 0 Å². The first-order valence-electron chi connectivity index (χ1n) is 3.80. The molecule has 2 rings (SSSR count). The minimum atomic E-state index is 0.792. The Morgan fingerprint density at radius 2 is 1.33 bits per heavy atom. The van der Waals surface area contributed by atoms with E-state index >= 15 is 0 Å². The third-order valence-electron chi connectivity index (χ3n) is 1.64. The van der Waals surface area contributed by atoms with Crippen molar-refractivity contribution in [1.29, 1.82) is 0 Å². The van der Waals surface area contributed by atoms with E-state index in [2.05, 4.69) is 22.1 Å². The summed E-state index contributed by atoms with van der Waals surface area (Å²) in [5, 5.41) is 0. The first kappa shape index (κ1) is 7.22. The molecule has 0 aromatic carbocycles. The van der Waals surface area contributed by atoms with Gasteiger partial charge in [0.05, 0.1) is 0 Å². The van der Waals surface area contributed by atoms with Crippen molar-refractivity contribution >= 4 is 11.0 Å². The summed E-state index contributed by atoms with van der Waals surface area (Å²) in [6, 6.07) is 9.78. The molecule has 2 aromatic rings. The van der Waals surface area contributed by atoms with Gasteiger partial charge in [0, 0.05) is 0 Å². The van der Waals surface area contributed by atoms with Gasteiger partial charge >= 0.3 is 0 Å². The van der Waals surface area contributed by atoms with E-state index in [1.165, 1.54) is 0 Å². The quantitative estimate of drug-likeness (QED) is 0.544. The molecule has 2 aromatic heterocycles. The molecular formula is C10H8N2-2. The second-order valence-electron chi connectivity index (χ2n) is 2.78. The van der Waals surface area contributed by atoms with Gasteiger partial charge < -0.3 is 9.97 Å². The lowest BCUT2D eigenvalue weighted by atomic mass is 10.2. The molecule has 12 heavy (non-hydrogen) atoms. The van der Waals surface area contributed by atoms with Crippen molar-refractivity contribution in [2.45, 2.75) is 13.8 Å². The van der Waals surface area contributed by atoms with Gasteiger partial charge in [0.15, 0.2) is 0 Å². The summed E-state index contributed by atoms with van der Waals surface area (Å²) in [4.78, 5) is 8.53. The van der Waals surface area contributed by atoms with Crippen LogP contribution in [-0.4, -0.2) is 9.97 Å². The van der Waals surface area contributed by atoms with Gasteiger partial charge in [0.25, 0.3) is 0 Å². The van der Waals surface area contributed by atoms with Gasteiger partial charge in [-0.25, -0.2) is 12.1 Å². The standard InChI is InChI=1S/C10H8N2/c1-7-3-5-10-9(11-7)6-4-8(2)12-10/h3-4H,1-2H3/q-2. The van der Waals surface area contributed by atoms with Crippen molar-refractivity contribution in [3.63, 3.8) is 0 Å². The Morgan fingerprint density at radius 3 is 1.75 bits per heavy atom. The molecule has 0 spiro atoms. The van der Waals surface area contributed by atoms with Gasteiger partial charge in [-0.1, -0.05) is 25.2 Å². The summed E-state index contributed by atoms with van der Waals surface area (Å²) in [5.41, 5.74) is 3.48. The van der Waals surface area contributed by atoms with Crippen LogP contribution in [0.15, 0.2) is 12.1 Å². The molecule has 0 aliphatic rings. The summed E-state index contributed by atoms with van der Waals surface area (Å²) >= 11 is 0. The van der Waals surface area contributed by atoms with E-state index in [1.54, 1.807) is 0 Å². The van der Waals surface area contributed by atoms with Crippen LogP contribution in [0.4, 0.5) is 0 Å². The van der Waals surface area contributed by atoms with Crippen LogP contribution in [0.5, 0.6) is 0 Å². The van der Waals surface area contributed by atoms with Crippen LogP contribution in [0.3, 0.4) is 0 Å². The van der Waals surface area contributed by atoms with Crippen LogP contribution in [0, 0.1) is 26.0 Å². The fraction of sp³-hybridized carbons (Fsp3) is 0.200. The van der Waals surface area contributed by atoms with Crippen molar-refractivity contribution in [3.05, 3.63) is 35.7 Å². The highest BCUT2D eigenvalue weighted by atomic mass is 14.8. The number of fused-ring (bicyclic) bond motifs is 1. The lowest BCUT2D eigenvalue weighted by Gasteiger charge is -2.15. The van der Waals surface area contributed by atoms with E-state index < -0.39 is 0 Å². The Labute approximate surface area is 71.3 Å². The molecule has 0 fully saturated rings. The molecule has 0 aliphatic heterocycles. The van der Waals surface area contributed by atoms with Crippen LogP contribution < -0.4 is 0 Å². The molecule has 0 bridgehead atoms. The highest BCUT2D eigenvalue weighted by Gasteiger charge is 1.78. The van der Waals surface area contributed by atoms with Gasteiger partial charge in [0.1, 0.15) is 0 Å². The SMILES string of the molecule is Cc1c[c-]c2nc(C)c[c-]c2n1. The second kappa shape index (κ2) is 2.55. The minimum Gasteiger partial charge on any atom is -0.404 e. The largest absolute Gasteiger partial charge is 0.404 e. The fourth-order valence-corrected chi connectivity index (χ4v) is 1.07. The number of hydrogen-bond acceptors (Lipinski definition) is 2. The van der Waals surface area contributed by atoms with Gasteiger partial charge in [-0.2, -0.15) is 12.1 Å². The van der Waals surface area contributed by atoms with Crippen LogP contribution >= 0.6 is 0 Å². The average Bonchev–Trinajstić information content (AvgIpc) is 2.05. The molecule has 2 heteroatoms. The van der Waals surface area contributed by atoms with E-state index in [1.807, 2.05) is 26.0 Å². The molecule has 0 aliphatic carbocycles. The third kappa shape index (κ3) is 1.16. The van der Waals surface area contributed by atoms with E-state index in [4.69, 9.17) is 0 Å². The van der Waals surface area contributed by atoms with E-state index in [0.29, 0.717) is 0 Å². The highest BCUT2D eigenvalue weighted by molar-refractivity contribution is 5.72. The Balaban J connectivity index is 2.79. The van der Waals surface area contributed by atoms with E-state index in [0.717, 1.165) is 22.4 Å². The van der Waals surface area contributed by atoms with Crippen molar-refractivity contribution in [1.82, 2.24) is 9.97 Å². The first-order chi connectivity index (χ1) is 5.75. The summed E-state index contributed by atoms with van der Waals surface area (Å²) in [6.07, 6.45) is 0. The first-order valence-corrected chi connectivity index (χ1v) is 3.80. The number of hydrogen-bond donors (Lipinski definition) is 0. The predicted octanol–water partition coefficient (Wildman–Crippen LogP) is 1.85. The maximum absolute atomic E-state index is 4.27. The minimum absolute atomic E-state index is 0.792. The zero-order valence-electron chi connectivity index (χ0n) is 7.05. The number of pyridine rings is 2. The lowest BCUT2D eigenvalue weighted by Crippen LogP contribution is -1.88. The van der Waals surface area contributed by atoms with Crippen molar-refractivity contribution in [3.8, 4) is 0 Å². The average molecular weight is 156 g/mol. The van der Waals surface area contributed by atoms with Crippen LogP contribution in [0.2, 0.25) is 0 Å². The lowest BCUT2D eigenvalue weighted by molar-refractivity contribution is 1.19. The second-order valence-corrected chi connectivity index (χ2v) is 2.78. The summed E-state index contributed by atoms with van der Waals surface area (Å²) in [6.45, 7) is 3.87. The maximum atomic E-state index is 4.27. The topological polar surface area (TPSA) is 25.8 Å². The van der Waals surface area contributed by atoms with Gasteiger partial charge in [-0.15, -0.1) is 11.0 Å². The van der Waals surface area contributed by atoms with Crippen molar-refractivity contribution in [2.75, 3.05) is 0 Å². The molecule has 0 atom stereocenters. The molecule has 0 unspecified atom stereocenters. The summed E-state index contributed by atoms with van der Waals surface area (Å²) < 4.78 is 0. The van der Waals surface area contributed by atoms with Crippen LogP contribution in [0.1, 0.15) is 11.4 Å². The van der Waals surface area contributed by atoms with Crippen molar-refractivity contribution < 1.29 is 0 Å². The summed E-state index contributed by atoms with van der Waals surface area (Å²) in [7, 11) is 0. The molecule has 0 saturated carbocycles. The van der Waals surface area contributed by atoms with E-state index in [-0.39, 0.29) is 0 Å². The molecule has 60 valence electrons. The number of nitrogens with zero attached hydrogens (tertiary/aromatic N) is 2. The zero-order chi connectivity index (χ0) is 8.55. The Hall–Kier alpha value is -1.44.